The SMILES string of the molecule is CCNCCCOc1ccc(Oc2c(C(=O)c3ccc(Cl)cc3C)sc3cc(O)ccc23)cc1.CCNCCOc1ccc(Oc2c(C(=O)c3c(C)cc(C)cc3C)sc3cc(O)ccc23)cc1. The van der Waals surface area contributed by atoms with Crippen LogP contribution >= 0.6 is 34.3 Å². The van der Waals surface area contributed by atoms with E-state index in [0.29, 0.717) is 62.1 Å². The first-order chi connectivity index (χ1) is 32.8. The van der Waals surface area contributed by atoms with Crippen LogP contribution in [0.3, 0.4) is 0 Å². The average molecular weight is 972 g/mol. The van der Waals surface area contributed by atoms with Crippen LogP contribution in [0.5, 0.6) is 46.0 Å². The van der Waals surface area contributed by atoms with Crippen LogP contribution in [0.15, 0.2) is 115 Å². The zero-order chi connectivity index (χ0) is 48.3. The van der Waals surface area contributed by atoms with Gasteiger partial charge in [-0.1, -0.05) is 43.1 Å². The Morgan fingerprint density at radius 1 is 0.559 bits per heavy atom. The summed E-state index contributed by atoms with van der Waals surface area (Å²) < 4.78 is 25.6. The van der Waals surface area contributed by atoms with E-state index in [1.54, 1.807) is 54.6 Å². The van der Waals surface area contributed by atoms with Crippen molar-refractivity contribution >= 4 is 66.0 Å². The molecular formula is C55H55ClN2O8S2. The van der Waals surface area contributed by atoms with Crippen molar-refractivity contribution in [2.75, 3.05) is 39.4 Å². The Bertz CT molecular complexity index is 3010. The van der Waals surface area contributed by atoms with Gasteiger partial charge in [-0.25, -0.2) is 0 Å². The van der Waals surface area contributed by atoms with E-state index >= 15 is 0 Å². The number of rotatable bonds is 19. The number of benzene rings is 6. The Kier molecular flexibility index (Phi) is 16.8. The highest BCUT2D eigenvalue weighted by Crippen LogP contribution is 2.45. The van der Waals surface area contributed by atoms with Gasteiger partial charge in [-0.3, -0.25) is 9.59 Å². The molecule has 2 heterocycles. The maximum atomic E-state index is 13.7. The number of thiophene rings is 2. The second-order valence-electron chi connectivity index (χ2n) is 16.2. The topological polar surface area (TPSA) is 136 Å². The maximum absolute atomic E-state index is 13.7. The second kappa shape index (κ2) is 23.1. The number of carbonyl (C=O) groups is 2. The van der Waals surface area contributed by atoms with Gasteiger partial charge < -0.3 is 39.8 Å². The number of phenolic OH excluding ortho intramolecular Hbond substituents is 2. The van der Waals surface area contributed by atoms with Gasteiger partial charge in [0.1, 0.15) is 50.9 Å². The molecule has 0 atom stereocenters. The first-order valence-corrected chi connectivity index (χ1v) is 24.5. The van der Waals surface area contributed by atoms with Crippen LogP contribution in [0.2, 0.25) is 5.02 Å². The molecule has 0 aliphatic rings. The average Bonchev–Trinajstić information content (AvgIpc) is 3.85. The molecule has 0 amide bonds. The molecule has 0 aliphatic carbocycles. The minimum absolute atomic E-state index is 0.0749. The van der Waals surface area contributed by atoms with Crippen LogP contribution in [-0.4, -0.2) is 61.2 Å². The third-order valence-corrected chi connectivity index (χ3v) is 13.4. The van der Waals surface area contributed by atoms with Crippen molar-refractivity contribution in [2.24, 2.45) is 0 Å². The lowest BCUT2D eigenvalue weighted by Gasteiger charge is -2.12. The third-order valence-electron chi connectivity index (χ3n) is 10.9. The highest BCUT2D eigenvalue weighted by atomic mass is 35.5. The molecule has 13 heteroatoms. The molecule has 0 saturated carbocycles. The lowest BCUT2D eigenvalue weighted by Crippen LogP contribution is -2.20. The van der Waals surface area contributed by atoms with Crippen molar-refractivity contribution < 1.29 is 38.7 Å². The number of carbonyl (C=O) groups excluding carboxylic acids is 2. The van der Waals surface area contributed by atoms with Crippen molar-refractivity contribution in [3.63, 3.8) is 0 Å². The molecule has 4 N–H and O–H groups in total. The highest BCUT2D eigenvalue weighted by molar-refractivity contribution is 7.22. The lowest BCUT2D eigenvalue weighted by molar-refractivity contribution is 0.103. The number of ether oxygens (including phenoxy) is 4. The largest absolute Gasteiger partial charge is 0.508 e. The van der Waals surface area contributed by atoms with E-state index in [1.807, 2.05) is 88.4 Å². The van der Waals surface area contributed by atoms with Gasteiger partial charge >= 0.3 is 0 Å². The molecule has 0 aliphatic heterocycles. The zero-order valence-corrected chi connectivity index (χ0v) is 41.3. The standard InChI is InChI=1S/C28H29NO4S.C27H26ClNO4S/c1-5-29-12-13-32-21-7-9-22(10-8-21)33-27-23-11-6-20(30)16-24(23)34-28(27)26(31)25-18(3)14-17(2)15-19(25)4;1-3-29-13-4-14-32-20-7-9-21(10-8-20)33-26-23-12-6-19(30)16-24(23)34-27(26)25(31)22-11-5-18(28)15-17(22)2/h6-11,14-16,29-30H,5,12-13H2,1-4H3;5-12,15-16,29-30H,3-4,13-14H2,1-2H3. The molecule has 0 radical (unpaired) electrons. The summed E-state index contributed by atoms with van der Waals surface area (Å²) in [6, 6.07) is 34.1. The number of hydrogen-bond acceptors (Lipinski definition) is 12. The lowest BCUT2D eigenvalue weighted by atomic mass is 9.95. The number of aryl methyl sites for hydroxylation is 4. The molecular weight excluding hydrogens is 916 g/mol. The first kappa shape index (κ1) is 49.5. The summed E-state index contributed by atoms with van der Waals surface area (Å²) >= 11 is 8.71. The Morgan fingerprint density at radius 3 is 1.56 bits per heavy atom. The molecule has 0 spiro atoms. The summed E-state index contributed by atoms with van der Waals surface area (Å²) in [5, 5.41) is 28.6. The van der Waals surface area contributed by atoms with E-state index in [4.69, 9.17) is 30.5 Å². The molecule has 68 heavy (non-hydrogen) atoms. The van der Waals surface area contributed by atoms with Crippen LogP contribution in [0.1, 0.15) is 73.0 Å². The summed E-state index contributed by atoms with van der Waals surface area (Å²) in [6.45, 7) is 16.7. The number of nitrogens with one attached hydrogen (secondary N) is 2. The predicted molar refractivity (Wildman–Crippen MR) is 276 cm³/mol. The molecule has 0 fully saturated rings. The Hall–Kier alpha value is -6.41. The smallest absolute Gasteiger partial charge is 0.207 e. The van der Waals surface area contributed by atoms with Crippen LogP contribution in [0, 0.1) is 27.7 Å². The quantitative estimate of drug-likeness (QED) is 0.0458. The van der Waals surface area contributed by atoms with E-state index < -0.39 is 0 Å². The van der Waals surface area contributed by atoms with Crippen molar-refractivity contribution in [3.05, 3.63) is 163 Å². The number of halogens is 1. The van der Waals surface area contributed by atoms with Crippen molar-refractivity contribution in [1.29, 1.82) is 0 Å². The Labute approximate surface area is 410 Å². The van der Waals surface area contributed by atoms with Gasteiger partial charge in [0, 0.05) is 42.9 Å². The van der Waals surface area contributed by atoms with E-state index in [-0.39, 0.29) is 23.1 Å². The Balaban J connectivity index is 0.000000201. The highest BCUT2D eigenvalue weighted by Gasteiger charge is 2.26. The number of hydrogen-bond donors (Lipinski definition) is 4. The summed E-state index contributed by atoms with van der Waals surface area (Å²) in [7, 11) is 0. The van der Waals surface area contributed by atoms with Crippen LogP contribution in [0.25, 0.3) is 20.2 Å². The molecule has 2 aromatic heterocycles. The molecule has 6 aromatic carbocycles. The first-order valence-electron chi connectivity index (χ1n) is 22.5. The summed E-state index contributed by atoms with van der Waals surface area (Å²) in [6.07, 6.45) is 0.926. The molecule has 8 aromatic rings. The summed E-state index contributed by atoms with van der Waals surface area (Å²) in [5.41, 5.74) is 5.04. The fourth-order valence-electron chi connectivity index (χ4n) is 7.71. The van der Waals surface area contributed by atoms with Gasteiger partial charge in [0.25, 0.3) is 0 Å². The fraction of sp³-hybridized carbons (Fsp3) is 0.236. The van der Waals surface area contributed by atoms with Crippen molar-refractivity contribution in [1.82, 2.24) is 10.6 Å². The Morgan fingerprint density at radius 2 is 1.04 bits per heavy atom. The maximum Gasteiger partial charge on any atom is 0.207 e. The van der Waals surface area contributed by atoms with Gasteiger partial charge in [-0.15, -0.1) is 22.7 Å². The van der Waals surface area contributed by atoms with Gasteiger partial charge in [-0.2, -0.15) is 0 Å². The summed E-state index contributed by atoms with van der Waals surface area (Å²) in [4.78, 5) is 28.2. The van der Waals surface area contributed by atoms with E-state index in [0.717, 1.165) is 86.5 Å². The van der Waals surface area contributed by atoms with E-state index in [1.165, 1.54) is 22.7 Å². The van der Waals surface area contributed by atoms with Crippen molar-refractivity contribution in [3.8, 4) is 46.0 Å². The van der Waals surface area contributed by atoms with Gasteiger partial charge in [0.2, 0.25) is 11.6 Å². The minimum atomic E-state index is -0.148. The summed E-state index contributed by atoms with van der Waals surface area (Å²) in [5.74, 6) is 3.76. The van der Waals surface area contributed by atoms with E-state index in [9.17, 15) is 19.8 Å². The second-order valence-corrected chi connectivity index (χ2v) is 18.7. The monoisotopic (exact) mass is 970 g/mol. The molecule has 0 saturated heterocycles. The third kappa shape index (κ3) is 12.2. The molecule has 8 rings (SSSR count). The molecule has 0 bridgehead atoms. The number of ketones is 2. The number of phenols is 2. The predicted octanol–water partition coefficient (Wildman–Crippen LogP) is 13.5. The van der Waals surface area contributed by atoms with Gasteiger partial charge in [-0.05, 0) is 174 Å². The number of likely N-dealkylation sites (N-methyl/N-ethyl adjacent to an activating group) is 1. The van der Waals surface area contributed by atoms with Gasteiger partial charge in [0.15, 0.2) is 11.5 Å². The van der Waals surface area contributed by atoms with Crippen molar-refractivity contribution in [2.45, 2.75) is 48.0 Å². The van der Waals surface area contributed by atoms with Gasteiger partial charge in [0.05, 0.1) is 6.61 Å². The van der Waals surface area contributed by atoms with Crippen LogP contribution in [0.4, 0.5) is 0 Å². The molecule has 352 valence electrons. The van der Waals surface area contributed by atoms with Crippen LogP contribution in [-0.2, 0) is 0 Å². The fourth-order valence-corrected chi connectivity index (χ4v) is 10.2. The zero-order valence-electron chi connectivity index (χ0n) is 39.0. The number of fused-ring (bicyclic) bond motifs is 2. The number of aromatic hydroxyl groups is 2. The normalized spacial score (nSPS) is 11.0. The van der Waals surface area contributed by atoms with Crippen LogP contribution < -0.4 is 29.6 Å². The molecule has 10 nitrogen and oxygen atoms in total. The minimum Gasteiger partial charge on any atom is -0.508 e. The molecule has 0 unspecified atom stereocenters. The van der Waals surface area contributed by atoms with E-state index in [2.05, 4.69) is 24.5 Å².